The number of piperidine rings is 1. The summed E-state index contributed by atoms with van der Waals surface area (Å²) in [4.78, 5) is 18.6. The third-order valence-corrected chi connectivity index (χ3v) is 9.81. The summed E-state index contributed by atoms with van der Waals surface area (Å²) in [6.07, 6.45) is 5.78. The highest BCUT2D eigenvalue weighted by Gasteiger charge is 2.51. The predicted octanol–water partition coefficient (Wildman–Crippen LogP) is 5.27. The summed E-state index contributed by atoms with van der Waals surface area (Å²) in [5.41, 5.74) is 3.00. The fourth-order valence-electron chi connectivity index (χ4n) is 5.43. The molecular formula is C29H24ClFN4O3S. The molecule has 0 saturated carbocycles. The van der Waals surface area contributed by atoms with Crippen LogP contribution in [0.25, 0.3) is 11.8 Å². The largest absolute Gasteiger partial charge is 0.291 e. The first-order chi connectivity index (χ1) is 18.7. The lowest BCUT2D eigenvalue weighted by Crippen LogP contribution is -2.53. The van der Waals surface area contributed by atoms with Crippen LogP contribution in [0.15, 0.2) is 83.5 Å². The minimum absolute atomic E-state index is 0.0385. The average molecular weight is 563 g/mol. The third-order valence-electron chi connectivity index (χ3n) is 7.57. The number of aromatic nitrogens is 3. The Balaban J connectivity index is 1.45. The second-order valence-electron chi connectivity index (χ2n) is 9.92. The summed E-state index contributed by atoms with van der Waals surface area (Å²) in [7, 11) is -3.93. The third kappa shape index (κ3) is 4.30. The second kappa shape index (κ2) is 9.51. The van der Waals surface area contributed by atoms with Gasteiger partial charge in [0.15, 0.2) is 5.78 Å². The van der Waals surface area contributed by atoms with E-state index in [9.17, 15) is 17.6 Å². The van der Waals surface area contributed by atoms with Gasteiger partial charge in [0.2, 0.25) is 10.0 Å². The molecule has 0 radical (unpaired) electrons. The number of nitrogens with zero attached hydrogens (tertiary/aromatic N) is 4. The van der Waals surface area contributed by atoms with E-state index < -0.39 is 15.4 Å². The minimum Gasteiger partial charge on any atom is -0.291 e. The number of pyridine rings is 1. The zero-order valence-corrected chi connectivity index (χ0v) is 22.6. The van der Waals surface area contributed by atoms with Crippen molar-refractivity contribution in [1.82, 2.24) is 19.1 Å². The van der Waals surface area contributed by atoms with E-state index in [1.54, 1.807) is 59.5 Å². The number of carbonyl (C=O) groups excluding carboxylic acids is 1. The molecule has 0 amide bonds. The molecule has 7 nitrogen and oxygen atoms in total. The van der Waals surface area contributed by atoms with E-state index in [4.69, 9.17) is 11.6 Å². The Morgan fingerprint density at radius 3 is 2.62 bits per heavy atom. The van der Waals surface area contributed by atoms with Crippen LogP contribution in [0.2, 0.25) is 5.02 Å². The highest BCUT2D eigenvalue weighted by atomic mass is 35.5. The number of hydrogen-bond acceptors (Lipinski definition) is 5. The predicted molar refractivity (Wildman–Crippen MR) is 146 cm³/mol. The smallest absolute Gasteiger partial charge is 0.243 e. The number of Topliss-reactive ketones (excluding diaryl/α,β-unsaturated/α-hetero) is 1. The van der Waals surface area contributed by atoms with Crippen molar-refractivity contribution in [2.24, 2.45) is 5.41 Å². The summed E-state index contributed by atoms with van der Waals surface area (Å²) in [6, 6.07) is 15.8. The zero-order valence-electron chi connectivity index (χ0n) is 21.0. The molecule has 4 aromatic rings. The molecule has 0 N–H and O–H groups in total. The van der Waals surface area contributed by atoms with Crippen LogP contribution in [0.5, 0.6) is 0 Å². The van der Waals surface area contributed by atoms with E-state index >= 15 is 0 Å². The Bertz CT molecular complexity index is 1740. The van der Waals surface area contributed by atoms with Crippen molar-refractivity contribution >= 4 is 33.5 Å². The van der Waals surface area contributed by atoms with Gasteiger partial charge in [0, 0.05) is 24.3 Å². The fourth-order valence-corrected chi connectivity index (χ4v) is 7.21. The van der Waals surface area contributed by atoms with Crippen molar-refractivity contribution in [2.75, 3.05) is 13.1 Å². The Kier molecular flexibility index (Phi) is 6.25. The normalized spacial score (nSPS) is 19.2. The molecule has 0 spiro atoms. The summed E-state index contributed by atoms with van der Waals surface area (Å²) < 4.78 is 44.2. The molecule has 1 saturated heterocycles. The number of halogens is 2. The molecule has 1 fully saturated rings. The van der Waals surface area contributed by atoms with Crippen molar-refractivity contribution in [1.29, 1.82) is 0 Å². The van der Waals surface area contributed by atoms with Crippen LogP contribution in [-0.4, -0.2) is 46.4 Å². The van der Waals surface area contributed by atoms with Gasteiger partial charge in [-0.2, -0.15) is 9.40 Å². The van der Waals surface area contributed by atoms with Gasteiger partial charge in [-0.15, -0.1) is 0 Å². The molecule has 1 aliphatic heterocycles. The lowest BCUT2D eigenvalue weighted by atomic mass is 9.65. The monoisotopic (exact) mass is 562 g/mol. The van der Waals surface area contributed by atoms with Gasteiger partial charge in [0.1, 0.15) is 11.5 Å². The van der Waals surface area contributed by atoms with Crippen LogP contribution < -0.4 is 0 Å². The number of aryl methyl sites for hydroxylation is 1. The van der Waals surface area contributed by atoms with E-state index in [0.29, 0.717) is 17.1 Å². The van der Waals surface area contributed by atoms with Crippen molar-refractivity contribution in [3.63, 3.8) is 0 Å². The van der Waals surface area contributed by atoms with Crippen LogP contribution in [0, 0.1) is 18.2 Å². The molecule has 0 bridgehead atoms. The summed E-state index contributed by atoms with van der Waals surface area (Å²) in [6.45, 7) is 1.98. The number of hydrogen-bond donors (Lipinski definition) is 0. The first-order valence-electron chi connectivity index (χ1n) is 12.5. The Hall–Kier alpha value is -3.66. The summed E-state index contributed by atoms with van der Waals surface area (Å²) in [5.74, 6) is -0.585. The number of benzene rings is 2. The van der Waals surface area contributed by atoms with E-state index in [-0.39, 0.29) is 41.7 Å². The van der Waals surface area contributed by atoms with E-state index in [0.717, 1.165) is 22.4 Å². The Morgan fingerprint density at radius 1 is 1.10 bits per heavy atom. The standard InChI is InChI=1S/C29H24ClFN4O3S/c1-19-5-10-24(15-25(19)30)39(37,38)34-13-11-21-14-27-20(17-33-35(27)23-8-6-22(31)7-9-23)16-29(21,18-34)28(36)26-4-2-3-12-32-26/h2-10,12,14-15,17H,11,13,16,18H2,1H3. The molecule has 198 valence electrons. The Labute approximate surface area is 230 Å². The van der Waals surface area contributed by atoms with Gasteiger partial charge >= 0.3 is 0 Å². The first-order valence-corrected chi connectivity index (χ1v) is 14.3. The molecule has 10 heteroatoms. The van der Waals surface area contributed by atoms with E-state index in [1.807, 2.05) is 13.0 Å². The molecule has 39 heavy (non-hydrogen) atoms. The number of rotatable bonds is 5. The van der Waals surface area contributed by atoms with Crippen molar-refractivity contribution in [3.8, 4) is 5.69 Å². The topological polar surface area (TPSA) is 85.2 Å². The molecule has 3 heterocycles. The minimum atomic E-state index is -3.93. The van der Waals surface area contributed by atoms with Crippen LogP contribution >= 0.6 is 11.6 Å². The van der Waals surface area contributed by atoms with Crippen molar-refractivity contribution in [3.05, 3.63) is 112 Å². The van der Waals surface area contributed by atoms with Gasteiger partial charge in [-0.25, -0.2) is 17.5 Å². The van der Waals surface area contributed by atoms with E-state index in [1.165, 1.54) is 22.5 Å². The van der Waals surface area contributed by atoms with Crippen LogP contribution in [-0.2, 0) is 16.4 Å². The molecule has 2 aromatic heterocycles. The van der Waals surface area contributed by atoms with Gasteiger partial charge < -0.3 is 0 Å². The lowest BCUT2D eigenvalue weighted by Gasteiger charge is -2.44. The van der Waals surface area contributed by atoms with Gasteiger partial charge in [0.05, 0.1) is 27.9 Å². The molecule has 1 atom stereocenters. The maximum atomic E-state index is 14.2. The molecule has 1 unspecified atom stereocenters. The van der Waals surface area contributed by atoms with Gasteiger partial charge in [-0.3, -0.25) is 9.78 Å². The van der Waals surface area contributed by atoms with Crippen LogP contribution in [0.4, 0.5) is 4.39 Å². The lowest BCUT2D eigenvalue weighted by molar-refractivity contribution is 0.0770. The first kappa shape index (κ1) is 25.6. The average Bonchev–Trinajstić information content (AvgIpc) is 3.35. The molecular weight excluding hydrogens is 539 g/mol. The quantitative estimate of drug-likeness (QED) is 0.309. The Morgan fingerprint density at radius 2 is 1.90 bits per heavy atom. The number of sulfonamides is 1. The zero-order chi connectivity index (χ0) is 27.4. The highest BCUT2D eigenvalue weighted by Crippen LogP contribution is 2.47. The molecule has 6 rings (SSSR count). The highest BCUT2D eigenvalue weighted by molar-refractivity contribution is 7.89. The number of fused-ring (bicyclic) bond motifs is 2. The number of carbonyl (C=O) groups is 1. The molecule has 1 aliphatic carbocycles. The fraction of sp³-hybridized carbons (Fsp3) is 0.207. The van der Waals surface area contributed by atoms with Crippen LogP contribution in [0.1, 0.15) is 33.7 Å². The van der Waals surface area contributed by atoms with Crippen molar-refractivity contribution < 1.29 is 17.6 Å². The van der Waals surface area contributed by atoms with Gasteiger partial charge in [-0.1, -0.05) is 29.3 Å². The van der Waals surface area contributed by atoms with Crippen molar-refractivity contribution in [2.45, 2.75) is 24.7 Å². The molecule has 2 aliphatic rings. The summed E-state index contributed by atoms with van der Waals surface area (Å²) in [5, 5.41) is 4.89. The summed E-state index contributed by atoms with van der Waals surface area (Å²) >= 11 is 6.26. The second-order valence-corrected chi connectivity index (χ2v) is 12.3. The maximum absolute atomic E-state index is 14.2. The molecule has 2 aromatic carbocycles. The van der Waals surface area contributed by atoms with Gasteiger partial charge in [-0.05, 0) is 85.5 Å². The SMILES string of the molecule is Cc1ccc(S(=O)(=O)N2CCC3=Cc4c(cnn4-c4ccc(F)cc4)CC3(C(=O)c3ccccn3)C2)cc1Cl. The maximum Gasteiger partial charge on any atom is 0.243 e. The van der Waals surface area contributed by atoms with Gasteiger partial charge in [0.25, 0.3) is 0 Å². The van der Waals surface area contributed by atoms with Crippen LogP contribution in [0.3, 0.4) is 0 Å². The van der Waals surface area contributed by atoms with E-state index in [2.05, 4.69) is 10.1 Å². The number of ketones is 1.